The molecule has 5 heteroatoms. The number of hydrogen-bond donors (Lipinski definition) is 1. The highest BCUT2D eigenvalue weighted by Crippen LogP contribution is 2.12. The lowest BCUT2D eigenvalue weighted by molar-refractivity contribution is 0.0938. The Balaban J connectivity index is 2.28. The molecular formula is C14H18N4O. The minimum absolute atomic E-state index is 0.0823. The number of amides is 1. The molecule has 0 unspecified atom stereocenters. The fraction of sp³-hybridized carbons (Fsp3) is 0.357. The van der Waals surface area contributed by atoms with Gasteiger partial charge in [0.15, 0.2) is 5.69 Å². The molecule has 2 aromatic rings. The maximum absolute atomic E-state index is 11.8. The predicted molar refractivity (Wildman–Crippen MR) is 73.4 cm³/mol. The van der Waals surface area contributed by atoms with Crippen LogP contribution in [0.4, 0.5) is 0 Å². The molecule has 0 bridgehead atoms. The van der Waals surface area contributed by atoms with Crippen molar-refractivity contribution in [3.63, 3.8) is 0 Å². The van der Waals surface area contributed by atoms with Crippen molar-refractivity contribution in [3.05, 3.63) is 41.2 Å². The second-order valence-electron chi connectivity index (χ2n) is 5.02. The van der Waals surface area contributed by atoms with Gasteiger partial charge in [-0.1, -0.05) is 11.3 Å². The van der Waals surface area contributed by atoms with Crippen LogP contribution in [-0.4, -0.2) is 26.9 Å². The van der Waals surface area contributed by atoms with E-state index >= 15 is 0 Å². The second kappa shape index (κ2) is 5.22. The molecule has 0 spiro atoms. The number of rotatable bonds is 3. The molecule has 1 amide bonds. The van der Waals surface area contributed by atoms with E-state index in [0.717, 1.165) is 16.8 Å². The SMILES string of the molecule is Cc1cc(C)cc(-n2cc(C(=O)NC(C)C)nn2)c1. The van der Waals surface area contributed by atoms with E-state index in [0.29, 0.717) is 5.69 Å². The van der Waals surface area contributed by atoms with Gasteiger partial charge in [0.2, 0.25) is 0 Å². The van der Waals surface area contributed by atoms with Gasteiger partial charge in [0.25, 0.3) is 5.91 Å². The molecule has 0 radical (unpaired) electrons. The largest absolute Gasteiger partial charge is 0.348 e. The summed E-state index contributed by atoms with van der Waals surface area (Å²) in [5.41, 5.74) is 3.54. The Labute approximate surface area is 112 Å². The highest BCUT2D eigenvalue weighted by Gasteiger charge is 2.12. The Hall–Kier alpha value is -2.17. The number of nitrogens with zero attached hydrogens (tertiary/aromatic N) is 3. The molecule has 0 saturated carbocycles. The van der Waals surface area contributed by atoms with Gasteiger partial charge in [0, 0.05) is 6.04 Å². The van der Waals surface area contributed by atoms with Crippen LogP contribution in [0.5, 0.6) is 0 Å². The number of nitrogens with one attached hydrogen (secondary N) is 1. The van der Waals surface area contributed by atoms with Crippen LogP contribution in [-0.2, 0) is 0 Å². The normalized spacial score (nSPS) is 10.8. The summed E-state index contributed by atoms with van der Waals surface area (Å²) in [6.45, 7) is 7.87. The lowest BCUT2D eigenvalue weighted by Crippen LogP contribution is -2.30. The summed E-state index contributed by atoms with van der Waals surface area (Å²) < 4.78 is 1.62. The molecule has 5 nitrogen and oxygen atoms in total. The van der Waals surface area contributed by atoms with Crippen LogP contribution < -0.4 is 5.32 Å². The summed E-state index contributed by atoms with van der Waals surface area (Å²) in [5.74, 6) is -0.203. The van der Waals surface area contributed by atoms with Crippen LogP contribution >= 0.6 is 0 Å². The van der Waals surface area contributed by atoms with Crippen molar-refractivity contribution in [3.8, 4) is 5.69 Å². The zero-order valence-electron chi connectivity index (χ0n) is 11.6. The van der Waals surface area contributed by atoms with Crippen molar-refractivity contribution in [2.24, 2.45) is 0 Å². The first kappa shape index (κ1) is 13.3. The fourth-order valence-corrected chi connectivity index (χ4v) is 1.91. The Kier molecular flexibility index (Phi) is 3.64. The minimum atomic E-state index is -0.203. The third kappa shape index (κ3) is 3.19. The minimum Gasteiger partial charge on any atom is -0.348 e. The lowest BCUT2D eigenvalue weighted by atomic mass is 10.1. The van der Waals surface area contributed by atoms with Gasteiger partial charge in [0.05, 0.1) is 11.9 Å². The number of carbonyl (C=O) groups excluding carboxylic acids is 1. The highest BCUT2D eigenvalue weighted by atomic mass is 16.2. The van der Waals surface area contributed by atoms with Crippen molar-refractivity contribution in [2.75, 3.05) is 0 Å². The van der Waals surface area contributed by atoms with Crippen LogP contribution in [0.3, 0.4) is 0 Å². The van der Waals surface area contributed by atoms with Gasteiger partial charge in [0.1, 0.15) is 0 Å². The smallest absolute Gasteiger partial charge is 0.273 e. The summed E-state index contributed by atoms with van der Waals surface area (Å²) in [6.07, 6.45) is 1.64. The van der Waals surface area contributed by atoms with Crippen molar-refractivity contribution >= 4 is 5.91 Å². The van der Waals surface area contributed by atoms with Crippen LogP contribution in [0, 0.1) is 13.8 Å². The monoisotopic (exact) mass is 258 g/mol. The van der Waals surface area contributed by atoms with Gasteiger partial charge in [-0.2, -0.15) is 0 Å². The number of carbonyl (C=O) groups is 1. The van der Waals surface area contributed by atoms with E-state index in [-0.39, 0.29) is 11.9 Å². The van der Waals surface area contributed by atoms with E-state index in [1.807, 2.05) is 39.8 Å². The molecule has 1 aromatic carbocycles. The van der Waals surface area contributed by atoms with Crippen molar-refractivity contribution < 1.29 is 4.79 Å². The van der Waals surface area contributed by atoms with Gasteiger partial charge >= 0.3 is 0 Å². The average Bonchev–Trinajstić information content (AvgIpc) is 2.75. The third-order valence-corrected chi connectivity index (χ3v) is 2.62. The van der Waals surface area contributed by atoms with E-state index in [9.17, 15) is 4.79 Å². The van der Waals surface area contributed by atoms with Gasteiger partial charge in [-0.15, -0.1) is 5.10 Å². The number of benzene rings is 1. The summed E-state index contributed by atoms with van der Waals surface area (Å²) in [7, 11) is 0. The molecule has 1 aromatic heterocycles. The molecule has 0 aliphatic heterocycles. The van der Waals surface area contributed by atoms with E-state index < -0.39 is 0 Å². The molecule has 100 valence electrons. The molecule has 0 atom stereocenters. The van der Waals surface area contributed by atoms with E-state index in [1.165, 1.54) is 0 Å². The zero-order chi connectivity index (χ0) is 14.0. The van der Waals surface area contributed by atoms with Crippen molar-refractivity contribution in [1.82, 2.24) is 20.3 Å². The van der Waals surface area contributed by atoms with E-state index in [4.69, 9.17) is 0 Å². The molecule has 1 heterocycles. The number of aryl methyl sites for hydroxylation is 2. The highest BCUT2D eigenvalue weighted by molar-refractivity contribution is 5.92. The van der Waals surface area contributed by atoms with Gasteiger partial charge in [-0.3, -0.25) is 4.79 Å². The molecule has 2 rings (SSSR count). The van der Waals surface area contributed by atoms with Gasteiger partial charge in [-0.05, 0) is 51.0 Å². The summed E-state index contributed by atoms with van der Waals surface area (Å²) in [4.78, 5) is 11.8. The maximum Gasteiger partial charge on any atom is 0.273 e. The molecule has 19 heavy (non-hydrogen) atoms. The van der Waals surface area contributed by atoms with Gasteiger partial charge in [-0.25, -0.2) is 4.68 Å². The van der Waals surface area contributed by atoms with Crippen LogP contribution in [0.2, 0.25) is 0 Å². The molecule has 1 N–H and O–H groups in total. The first-order valence-electron chi connectivity index (χ1n) is 6.27. The number of hydrogen-bond acceptors (Lipinski definition) is 3. The molecular weight excluding hydrogens is 240 g/mol. The second-order valence-corrected chi connectivity index (χ2v) is 5.02. The predicted octanol–water partition coefficient (Wildman–Crippen LogP) is 2.02. The molecule has 0 fully saturated rings. The molecule has 0 aliphatic carbocycles. The number of aromatic nitrogens is 3. The zero-order valence-corrected chi connectivity index (χ0v) is 11.6. The van der Waals surface area contributed by atoms with Crippen LogP contribution in [0.25, 0.3) is 5.69 Å². The summed E-state index contributed by atoms with van der Waals surface area (Å²) >= 11 is 0. The van der Waals surface area contributed by atoms with Gasteiger partial charge < -0.3 is 5.32 Å². The molecule has 0 aliphatic rings. The van der Waals surface area contributed by atoms with Crippen molar-refractivity contribution in [2.45, 2.75) is 33.7 Å². The van der Waals surface area contributed by atoms with Crippen LogP contribution in [0.15, 0.2) is 24.4 Å². The Morgan fingerprint density at radius 2 is 1.84 bits per heavy atom. The maximum atomic E-state index is 11.8. The Bertz CT molecular complexity index is 581. The van der Waals surface area contributed by atoms with Crippen LogP contribution in [0.1, 0.15) is 35.5 Å². The topological polar surface area (TPSA) is 59.8 Å². The quantitative estimate of drug-likeness (QED) is 0.916. The summed E-state index contributed by atoms with van der Waals surface area (Å²) in [6, 6.07) is 6.18. The van der Waals surface area contributed by atoms with Crippen molar-refractivity contribution in [1.29, 1.82) is 0 Å². The first-order valence-corrected chi connectivity index (χ1v) is 6.27. The lowest BCUT2D eigenvalue weighted by Gasteiger charge is -2.05. The molecule has 0 saturated heterocycles. The third-order valence-electron chi connectivity index (χ3n) is 2.62. The standard InChI is InChI=1S/C14H18N4O/c1-9(2)15-14(19)13-8-18(17-16-13)12-6-10(3)5-11(4)7-12/h5-9H,1-4H3,(H,15,19). The summed E-state index contributed by atoms with van der Waals surface area (Å²) in [5, 5.41) is 10.7. The Morgan fingerprint density at radius 3 is 2.42 bits per heavy atom. The van der Waals surface area contributed by atoms with E-state index in [1.54, 1.807) is 10.9 Å². The van der Waals surface area contributed by atoms with E-state index in [2.05, 4.69) is 21.7 Å². The average molecular weight is 258 g/mol. The first-order chi connectivity index (χ1) is 8.95. The Morgan fingerprint density at radius 1 is 1.21 bits per heavy atom. The fourth-order valence-electron chi connectivity index (χ4n) is 1.91.